The zero-order chi connectivity index (χ0) is 21.9. The summed E-state index contributed by atoms with van der Waals surface area (Å²) < 4.78 is 70.9. The Kier molecular flexibility index (Phi) is 6.17. The number of halogens is 3. The van der Waals surface area contributed by atoms with Crippen LogP contribution < -0.4 is 10.0 Å². The lowest BCUT2D eigenvalue weighted by molar-refractivity contribution is -0.141. The summed E-state index contributed by atoms with van der Waals surface area (Å²) in [7, 11) is -3.90. The second-order valence-corrected chi connectivity index (χ2v) is 8.33. The van der Waals surface area contributed by atoms with Crippen LogP contribution in [0.5, 0.6) is 0 Å². The normalized spacial score (nSPS) is 12.3. The maximum Gasteiger partial charge on any atom is 0.432 e. The maximum absolute atomic E-state index is 12.7. The number of nitrogens with zero attached hydrogens (tertiary/aromatic N) is 2. The zero-order valence-corrected chi connectivity index (χ0v) is 17.0. The summed E-state index contributed by atoms with van der Waals surface area (Å²) in [6, 6.07) is 5.65. The number of hydrogen-bond donors (Lipinski definition) is 3. The van der Waals surface area contributed by atoms with Crippen LogP contribution in [0.3, 0.4) is 0 Å². The van der Waals surface area contributed by atoms with E-state index >= 15 is 0 Å². The number of sulfonamides is 1. The molecule has 0 aliphatic carbocycles. The van der Waals surface area contributed by atoms with Crippen LogP contribution >= 0.6 is 0 Å². The zero-order valence-electron chi connectivity index (χ0n) is 16.2. The molecule has 3 heterocycles. The van der Waals surface area contributed by atoms with Gasteiger partial charge in [0.15, 0.2) is 5.76 Å². The van der Waals surface area contributed by atoms with Crippen molar-refractivity contribution in [1.82, 2.24) is 19.9 Å². The average Bonchev–Trinajstić information content (AvgIpc) is 3.30. The van der Waals surface area contributed by atoms with Crippen LogP contribution in [-0.2, 0) is 16.2 Å². The molecule has 0 aromatic carbocycles. The van der Waals surface area contributed by atoms with Crippen LogP contribution in [-0.4, -0.2) is 36.7 Å². The van der Waals surface area contributed by atoms with Gasteiger partial charge in [0, 0.05) is 25.4 Å². The number of H-pyrrole nitrogens is 1. The van der Waals surface area contributed by atoms with E-state index in [2.05, 4.69) is 20.1 Å². The molecule has 30 heavy (non-hydrogen) atoms. The predicted octanol–water partition coefficient (Wildman–Crippen LogP) is 3.48. The number of aryl methyl sites for hydroxylation is 2. The highest BCUT2D eigenvalue weighted by atomic mass is 32.2. The van der Waals surface area contributed by atoms with E-state index in [1.807, 2.05) is 24.2 Å². The molecule has 0 spiro atoms. The van der Waals surface area contributed by atoms with Crippen molar-refractivity contribution in [2.45, 2.75) is 31.3 Å². The Morgan fingerprint density at radius 1 is 1.17 bits per heavy atom. The molecule has 0 amide bonds. The molecule has 0 saturated heterocycles. The number of rotatable bonds is 8. The number of nitrogens with one attached hydrogen (secondary N) is 3. The van der Waals surface area contributed by atoms with Gasteiger partial charge < -0.3 is 9.73 Å². The molecule has 12 heteroatoms. The van der Waals surface area contributed by atoms with E-state index in [1.54, 1.807) is 6.20 Å². The van der Waals surface area contributed by atoms with Crippen molar-refractivity contribution in [3.8, 4) is 11.5 Å². The first-order valence-electron chi connectivity index (χ1n) is 8.96. The van der Waals surface area contributed by atoms with Crippen LogP contribution in [0.2, 0.25) is 0 Å². The maximum atomic E-state index is 12.7. The highest BCUT2D eigenvalue weighted by Gasteiger charge is 2.34. The molecule has 0 aliphatic heterocycles. The summed E-state index contributed by atoms with van der Waals surface area (Å²) in [6.07, 6.45) is -2.38. The molecule has 0 bridgehead atoms. The molecule has 3 aromatic heterocycles. The van der Waals surface area contributed by atoms with Crippen LogP contribution in [0.15, 0.2) is 39.8 Å². The molecule has 8 nitrogen and oxygen atoms in total. The smallest absolute Gasteiger partial charge is 0.432 e. The molecule has 0 unspecified atom stereocenters. The van der Waals surface area contributed by atoms with Crippen molar-refractivity contribution in [3.05, 3.63) is 47.5 Å². The summed E-state index contributed by atoms with van der Waals surface area (Å²) in [6.45, 7) is 4.00. The van der Waals surface area contributed by atoms with E-state index in [4.69, 9.17) is 4.42 Å². The van der Waals surface area contributed by atoms with E-state index < -0.39 is 21.9 Å². The Bertz CT molecular complexity index is 1110. The number of aromatic amines is 1. The molecule has 0 fully saturated rings. The van der Waals surface area contributed by atoms with E-state index in [1.165, 1.54) is 6.92 Å². The van der Waals surface area contributed by atoms with Gasteiger partial charge in [0.1, 0.15) is 27.9 Å². The Labute approximate surface area is 171 Å². The van der Waals surface area contributed by atoms with Crippen LogP contribution in [0.1, 0.15) is 23.4 Å². The first-order chi connectivity index (χ1) is 14.1. The minimum absolute atomic E-state index is 0.0519. The first-order valence-corrected chi connectivity index (χ1v) is 10.4. The van der Waals surface area contributed by atoms with Crippen LogP contribution in [0, 0.1) is 13.8 Å². The van der Waals surface area contributed by atoms with Crippen molar-refractivity contribution in [2.75, 3.05) is 18.4 Å². The molecule has 3 rings (SSSR count). The Balaban J connectivity index is 1.59. The molecule has 0 saturated carbocycles. The standard InChI is InChI=1S/C18H20F3N5O3S/c1-11-4-5-17(23-10-11)22-6-3-7-24-30(27,28)15-9-14(29-12(15)2)13-8-16(26-25-13)18(19,20)21/h4-5,8-10,24H,3,6-7H2,1-2H3,(H,22,23)(H,25,26). The minimum atomic E-state index is -4.59. The van der Waals surface area contributed by atoms with Crippen LogP contribution in [0.4, 0.5) is 19.0 Å². The molecule has 162 valence electrons. The van der Waals surface area contributed by atoms with E-state index in [-0.39, 0.29) is 28.7 Å². The summed E-state index contributed by atoms with van der Waals surface area (Å²) in [5.41, 5.74) is -0.154. The SMILES string of the molecule is Cc1ccc(NCCCNS(=O)(=O)c2cc(-c3cc(C(F)(F)F)[nH]n3)oc2C)nc1. The topological polar surface area (TPSA) is 113 Å². The largest absolute Gasteiger partial charge is 0.458 e. The number of hydrogen-bond acceptors (Lipinski definition) is 6. The molecule has 0 radical (unpaired) electrons. The van der Waals surface area contributed by atoms with Gasteiger partial charge in [0.05, 0.1) is 0 Å². The monoisotopic (exact) mass is 443 g/mol. The summed E-state index contributed by atoms with van der Waals surface area (Å²) in [5, 5.41) is 8.49. The summed E-state index contributed by atoms with van der Waals surface area (Å²) in [4.78, 5) is 4.04. The Morgan fingerprint density at radius 3 is 2.57 bits per heavy atom. The second-order valence-electron chi connectivity index (χ2n) is 6.59. The third-order valence-corrected chi connectivity index (χ3v) is 5.73. The van der Waals surface area contributed by atoms with Gasteiger partial charge in [-0.3, -0.25) is 5.10 Å². The van der Waals surface area contributed by atoms with Crippen molar-refractivity contribution >= 4 is 15.8 Å². The lowest BCUT2D eigenvalue weighted by Crippen LogP contribution is -2.26. The molecule has 3 aromatic rings. The van der Waals surface area contributed by atoms with Crippen molar-refractivity contribution in [1.29, 1.82) is 0 Å². The van der Waals surface area contributed by atoms with Gasteiger partial charge >= 0.3 is 6.18 Å². The average molecular weight is 443 g/mol. The summed E-state index contributed by atoms with van der Waals surface area (Å²) in [5.74, 6) is 0.666. The van der Waals surface area contributed by atoms with Crippen LogP contribution in [0.25, 0.3) is 11.5 Å². The highest BCUT2D eigenvalue weighted by molar-refractivity contribution is 7.89. The van der Waals surface area contributed by atoms with Crippen molar-refractivity contribution < 1.29 is 26.0 Å². The van der Waals surface area contributed by atoms with Gasteiger partial charge in [-0.2, -0.15) is 18.3 Å². The lowest BCUT2D eigenvalue weighted by Gasteiger charge is -2.07. The number of alkyl halides is 3. The van der Waals surface area contributed by atoms with E-state index in [9.17, 15) is 21.6 Å². The quantitative estimate of drug-likeness (QED) is 0.460. The second kappa shape index (κ2) is 8.48. The summed E-state index contributed by atoms with van der Waals surface area (Å²) >= 11 is 0. The van der Waals surface area contributed by atoms with Gasteiger partial charge in [0.2, 0.25) is 10.0 Å². The molecular formula is C18H20F3N5O3S. The fourth-order valence-electron chi connectivity index (χ4n) is 2.61. The van der Waals surface area contributed by atoms with Crippen molar-refractivity contribution in [2.24, 2.45) is 0 Å². The van der Waals surface area contributed by atoms with Gasteiger partial charge in [-0.05, 0) is 38.0 Å². The van der Waals surface area contributed by atoms with Gasteiger partial charge in [0.25, 0.3) is 0 Å². The first kappa shape index (κ1) is 21.8. The van der Waals surface area contributed by atoms with Crippen molar-refractivity contribution in [3.63, 3.8) is 0 Å². The predicted molar refractivity (Wildman–Crippen MR) is 103 cm³/mol. The number of anilines is 1. The molecule has 3 N–H and O–H groups in total. The Morgan fingerprint density at radius 2 is 1.93 bits per heavy atom. The van der Waals surface area contributed by atoms with Gasteiger partial charge in [-0.25, -0.2) is 18.1 Å². The number of aromatic nitrogens is 3. The molecular weight excluding hydrogens is 423 g/mol. The fourth-order valence-corrected chi connectivity index (χ4v) is 3.86. The third-order valence-electron chi connectivity index (χ3n) is 4.16. The third kappa shape index (κ3) is 5.19. The highest BCUT2D eigenvalue weighted by Crippen LogP contribution is 2.32. The molecule has 0 atom stereocenters. The minimum Gasteiger partial charge on any atom is -0.458 e. The van der Waals surface area contributed by atoms with Gasteiger partial charge in [-0.1, -0.05) is 6.07 Å². The van der Waals surface area contributed by atoms with E-state index in [0.29, 0.717) is 18.8 Å². The fraction of sp³-hybridized carbons (Fsp3) is 0.333. The Hall–Kier alpha value is -2.86. The van der Waals surface area contributed by atoms with E-state index in [0.717, 1.165) is 17.7 Å². The molecule has 0 aliphatic rings. The lowest BCUT2D eigenvalue weighted by atomic mass is 10.3. The number of pyridine rings is 1. The van der Waals surface area contributed by atoms with Gasteiger partial charge in [-0.15, -0.1) is 0 Å². The number of furan rings is 1.